The predicted molar refractivity (Wildman–Crippen MR) is 54.1 cm³/mol. The second kappa shape index (κ2) is 3.23. The maximum absolute atomic E-state index is 11.8. The van der Waals surface area contributed by atoms with Gasteiger partial charge in [0, 0.05) is 24.5 Å². The molecule has 0 amide bonds. The van der Waals surface area contributed by atoms with Crippen molar-refractivity contribution in [1.82, 2.24) is 9.38 Å². The fourth-order valence-corrected chi connectivity index (χ4v) is 1.43. The summed E-state index contributed by atoms with van der Waals surface area (Å²) in [6.45, 7) is 2.15. The second-order valence-corrected chi connectivity index (χ2v) is 3.18. The molecule has 0 fully saturated rings. The third-order valence-electron chi connectivity index (χ3n) is 2.22. The molecule has 2 aromatic heterocycles. The maximum atomic E-state index is 11.8. The van der Waals surface area contributed by atoms with Crippen molar-refractivity contribution in [3.05, 3.63) is 46.0 Å². The third kappa shape index (κ3) is 1.20. The van der Waals surface area contributed by atoms with Crippen LogP contribution in [0, 0.1) is 6.92 Å². The molecule has 0 saturated carbocycles. The van der Waals surface area contributed by atoms with E-state index in [4.69, 9.17) is 5.73 Å². The van der Waals surface area contributed by atoms with Crippen LogP contribution in [0.25, 0.3) is 5.65 Å². The molecule has 72 valence electrons. The Labute approximate surface area is 81.0 Å². The van der Waals surface area contributed by atoms with Crippen molar-refractivity contribution in [3.8, 4) is 0 Å². The molecule has 0 unspecified atom stereocenters. The van der Waals surface area contributed by atoms with Gasteiger partial charge in [0.25, 0.3) is 5.56 Å². The number of aryl methyl sites for hydroxylation is 1. The molecule has 4 nitrogen and oxygen atoms in total. The lowest BCUT2D eigenvalue weighted by Gasteiger charge is -2.03. The molecule has 2 N–H and O–H groups in total. The van der Waals surface area contributed by atoms with E-state index in [0.29, 0.717) is 11.2 Å². The molecule has 0 saturated heterocycles. The zero-order chi connectivity index (χ0) is 10.1. The highest BCUT2D eigenvalue weighted by molar-refractivity contribution is 5.46. The molecule has 0 radical (unpaired) electrons. The first-order valence-corrected chi connectivity index (χ1v) is 4.40. The normalized spacial score (nSPS) is 10.7. The smallest absolute Gasteiger partial charge is 0.262 e. The highest BCUT2D eigenvalue weighted by Crippen LogP contribution is 2.03. The Morgan fingerprint density at radius 2 is 2.36 bits per heavy atom. The Morgan fingerprint density at radius 3 is 3.07 bits per heavy atom. The molecule has 0 aromatic carbocycles. The van der Waals surface area contributed by atoms with Gasteiger partial charge in [-0.1, -0.05) is 6.07 Å². The van der Waals surface area contributed by atoms with Crippen molar-refractivity contribution in [2.45, 2.75) is 13.5 Å². The minimum atomic E-state index is -0.0822. The lowest BCUT2D eigenvalue weighted by atomic mass is 10.2. The van der Waals surface area contributed by atoms with Gasteiger partial charge in [0.1, 0.15) is 5.65 Å². The lowest BCUT2D eigenvalue weighted by molar-refractivity contribution is 0.941. The number of nitrogens with zero attached hydrogens (tertiary/aromatic N) is 2. The van der Waals surface area contributed by atoms with Crippen LogP contribution in [-0.2, 0) is 6.54 Å². The van der Waals surface area contributed by atoms with E-state index in [1.54, 1.807) is 12.4 Å². The fraction of sp³-hybridized carbons (Fsp3) is 0.200. The molecule has 0 aliphatic rings. The number of pyridine rings is 1. The Morgan fingerprint density at radius 1 is 1.57 bits per heavy atom. The van der Waals surface area contributed by atoms with Crippen molar-refractivity contribution in [3.63, 3.8) is 0 Å². The van der Waals surface area contributed by atoms with Crippen LogP contribution >= 0.6 is 0 Å². The van der Waals surface area contributed by atoms with Gasteiger partial charge in [-0.2, -0.15) is 0 Å². The van der Waals surface area contributed by atoms with E-state index < -0.39 is 0 Å². The van der Waals surface area contributed by atoms with E-state index in [9.17, 15) is 4.79 Å². The summed E-state index contributed by atoms with van der Waals surface area (Å²) in [5.41, 5.74) is 7.55. The van der Waals surface area contributed by atoms with Crippen LogP contribution in [0.1, 0.15) is 11.1 Å². The van der Waals surface area contributed by atoms with Gasteiger partial charge in [0.15, 0.2) is 0 Å². The van der Waals surface area contributed by atoms with Gasteiger partial charge in [-0.15, -0.1) is 0 Å². The van der Waals surface area contributed by atoms with Crippen molar-refractivity contribution in [1.29, 1.82) is 0 Å². The second-order valence-electron chi connectivity index (χ2n) is 3.18. The lowest BCUT2D eigenvalue weighted by Crippen LogP contribution is -2.21. The summed E-state index contributed by atoms with van der Waals surface area (Å²) in [7, 11) is 0. The molecule has 0 aliphatic carbocycles. The fourth-order valence-electron chi connectivity index (χ4n) is 1.43. The number of nitrogens with two attached hydrogens (primary N) is 1. The molecular formula is C10H11N3O. The number of hydrogen-bond donors (Lipinski definition) is 1. The van der Waals surface area contributed by atoms with E-state index in [1.807, 2.05) is 19.1 Å². The van der Waals surface area contributed by atoms with Crippen molar-refractivity contribution in [2.75, 3.05) is 0 Å². The maximum Gasteiger partial charge on any atom is 0.262 e. The monoisotopic (exact) mass is 189 g/mol. The molecule has 14 heavy (non-hydrogen) atoms. The van der Waals surface area contributed by atoms with Gasteiger partial charge in [-0.25, -0.2) is 4.98 Å². The summed E-state index contributed by atoms with van der Waals surface area (Å²) >= 11 is 0. The van der Waals surface area contributed by atoms with Gasteiger partial charge >= 0.3 is 0 Å². The van der Waals surface area contributed by atoms with E-state index in [2.05, 4.69) is 4.98 Å². The number of aromatic nitrogens is 2. The summed E-state index contributed by atoms with van der Waals surface area (Å²) in [6.07, 6.45) is 3.25. The molecule has 0 spiro atoms. The largest absolute Gasteiger partial charge is 0.326 e. The molecular weight excluding hydrogens is 178 g/mol. The average Bonchev–Trinajstić information content (AvgIpc) is 2.20. The third-order valence-corrected chi connectivity index (χ3v) is 2.22. The minimum absolute atomic E-state index is 0.0822. The van der Waals surface area contributed by atoms with Crippen LogP contribution in [-0.4, -0.2) is 9.38 Å². The zero-order valence-electron chi connectivity index (χ0n) is 7.90. The quantitative estimate of drug-likeness (QED) is 0.709. The Kier molecular flexibility index (Phi) is 2.05. The molecule has 0 atom stereocenters. The van der Waals surface area contributed by atoms with E-state index >= 15 is 0 Å². The number of rotatable bonds is 1. The predicted octanol–water partition coefficient (Wildman–Crippen LogP) is 0.462. The molecule has 2 heterocycles. The average molecular weight is 189 g/mol. The van der Waals surface area contributed by atoms with E-state index in [-0.39, 0.29) is 12.1 Å². The first kappa shape index (κ1) is 8.90. The Balaban J connectivity index is 2.91. The van der Waals surface area contributed by atoms with Crippen LogP contribution in [0.2, 0.25) is 0 Å². The van der Waals surface area contributed by atoms with Gasteiger partial charge in [0.2, 0.25) is 0 Å². The van der Waals surface area contributed by atoms with E-state index in [0.717, 1.165) is 5.56 Å². The number of hydrogen-bond acceptors (Lipinski definition) is 3. The Hall–Kier alpha value is -1.68. The van der Waals surface area contributed by atoms with E-state index in [1.165, 1.54) is 4.40 Å². The summed E-state index contributed by atoms with van der Waals surface area (Å²) in [6, 6.07) is 3.75. The van der Waals surface area contributed by atoms with Crippen LogP contribution in [0.5, 0.6) is 0 Å². The van der Waals surface area contributed by atoms with Crippen molar-refractivity contribution < 1.29 is 0 Å². The minimum Gasteiger partial charge on any atom is -0.326 e. The molecule has 4 heteroatoms. The van der Waals surface area contributed by atoms with Crippen LogP contribution in [0.15, 0.2) is 29.3 Å². The summed E-state index contributed by atoms with van der Waals surface area (Å²) < 4.78 is 1.53. The van der Waals surface area contributed by atoms with Gasteiger partial charge in [-0.3, -0.25) is 9.20 Å². The molecule has 0 bridgehead atoms. The SMILES string of the molecule is Cc1cccn2c(=O)c(CN)cnc12. The summed E-state index contributed by atoms with van der Waals surface area (Å²) in [5.74, 6) is 0. The van der Waals surface area contributed by atoms with Crippen molar-refractivity contribution in [2.24, 2.45) is 5.73 Å². The molecule has 2 aromatic rings. The molecule has 2 rings (SSSR count). The standard InChI is InChI=1S/C10H11N3O/c1-7-3-2-4-13-9(7)12-6-8(5-11)10(13)14/h2-4,6H,5,11H2,1H3. The summed E-state index contributed by atoms with van der Waals surface area (Å²) in [4.78, 5) is 16.0. The highest BCUT2D eigenvalue weighted by Gasteiger charge is 2.03. The zero-order valence-corrected chi connectivity index (χ0v) is 7.90. The van der Waals surface area contributed by atoms with Crippen molar-refractivity contribution >= 4 is 5.65 Å². The highest BCUT2D eigenvalue weighted by atomic mass is 16.1. The first-order valence-electron chi connectivity index (χ1n) is 4.40. The Bertz CT molecular complexity index is 530. The van der Waals surface area contributed by atoms with Crippen LogP contribution in [0.4, 0.5) is 0 Å². The summed E-state index contributed by atoms with van der Waals surface area (Å²) in [5, 5.41) is 0. The topological polar surface area (TPSA) is 60.4 Å². The number of fused-ring (bicyclic) bond motifs is 1. The van der Waals surface area contributed by atoms with Crippen LogP contribution < -0.4 is 11.3 Å². The van der Waals surface area contributed by atoms with Crippen LogP contribution in [0.3, 0.4) is 0 Å². The molecule has 0 aliphatic heterocycles. The van der Waals surface area contributed by atoms with Gasteiger partial charge in [-0.05, 0) is 18.6 Å². The van der Waals surface area contributed by atoms with Gasteiger partial charge in [0.05, 0.1) is 0 Å². The first-order chi connectivity index (χ1) is 6.74. The van der Waals surface area contributed by atoms with Gasteiger partial charge < -0.3 is 5.73 Å².